The minimum atomic E-state index is -0.958. The van der Waals surface area contributed by atoms with E-state index in [2.05, 4.69) is 10.6 Å². The predicted molar refractivity (Wildman–Crippen MR) is 92.8 cm³/mol. The Morgan fingerprint density at radius 3 is 2.54 bits per heavy atom. The molecule has 9 heteroatoms. The highest BCUT2D eigenvalue weighted by molar-refractivity contribution is 6.38. The van der Waals surface area contributed by atoms with E-state index < -0.39 is 35.8 Å². The van der Waals surface area contributed by atoms with E-state index in [4.69, 9.17) is 9.57 Å². The van der Waals surface area contributed by atoms with Gasteiger partial charge in [0, 0.05) is 0 Å². The number of carbonyl (C=O) groups is 4. The molecule has 0 spiro atoms. The second kappa shape index (κ2) is 9.51. The lowest BCUT2D eigenvalue weighted by Crippen LogP contribution is -2.56. The Hall–Kier alpha value is -2.16. The highest BCUT2D eigenvalue weighted by atomic mass is 16.7. The first-order valence-electron chi connectivity index (χ1n) is 8.71. The molecule has 9 nitrogen and oxygen atoms in total. The Balaban J connectivity index is 2.70. The molecule has 0 bridgehead atoms. The molecule has 148 valence electrons. The van der Waals surface area contributed by atoms with Crippen LogP contribution in [0.2, 0.25) is 0 Å². The van der Waals surface area contributed by atoms with Crippen LogP contribution in [0.25, 0.3) is 0 Å². The molecule has 0 radical (unpaired) electrons. The number of rotatable bonds is 5. The first kappa shape index (κ1) is 21.9. The van der Waals surface area contributed by atoms with Gasteiger partial charge in [-0.05, 0) is 24.2 Å². The van der Waals surface area contributed by atoms with Gasteiger partial charge in [-0.1, -0.05) is 34.6 Å². The van der Waals surface area contributed by atoms with Crippen LogP contribution in [0.5, 0.6) is 0 Å². The Bertz CT molecular complexity index is 541. The zero-order valence-corrected chi connectivity index (χ0v) is 16.0. The molecule has 26 heavy (non-hydrogen) atoms. The minimum Gasteiger partial charge on any atom is -0.449 e. The molecule has 1 saturated heterocycles. The number of hydroxylamine groups is 1. The standard InChI is InChI=1S/C17H29N3O6/c1-10(2)12(19-16(24)25-9-17(3,4)5)14(22)18-11-7-6-8-26-20-15(23)13(11)21/h10-12H,6-9H2,1-5H3,(H,18,22)(H,19,24)(H,20,23). The molecule has 0 saturated carbocycles. The second-order valence-electron chi connectivity index (χ2n) is 7.85. The van der Waals surface area contributed by atoms with Crippen molar-refractivity contribution in [1.29, 1.82) is 0 Å². The number of alkyl carbamates (subject to hydrolysis) is 1. The lowest BCUT2D eigenvalue weighted by molar-refractivity contribution is -0.149. The Morgan fingerprint density at radius 2 is 1.96 bits per heavy atom. The van der Waals surface area contributed by atoms with E-state index >= 15 is 0 Å². The maximum Gasteiger partial charge on any atom is 0.407 e. The van der Waals surface area contributed by atoms with Crippen LogP contribution in [-0.2, 0) is 24.0 Å². The summed E-state index contributed by atoms with van der Waals surface area (Å²) >= 11 is 0. The number of ketones is 1. The number of carbonyl (C=O) groups excluding carboxylic acids is 4. The predicted octanol–water partition coefficient (Wildman–Crippen LogP) is 0.679. The van der Waals surface area contributed by atoms with Gasteiger partial charge in [0.15, 0.2) is 0 Å². The van der Waals surface area contributed by atoms with Gasteiger partial charge in [0.1, 0.15) is 6.04 Å². The molecule has 0 aromatic carbocycles. The first-order chi connectivity index (χ1) is 12.0. The molecular weight excluding hydrogens is 342 g/mol. The second-order valence-corrected chi connectivity index (χ2v) is 7.85. The Morgan fingerprint density at radius 1 is 1.31 bits per heavy atom. The van der Waals surface area contributed by atoms with Crippen molar-refractivity contribution in [2.45, 2.75) is 59.5 Å². The molecule has 1 heterocycles. The van der Waals surface area contributed by atoms with Crippen LogP contribution in [0.1, 0.15) is 47.5 Å². The van der Waals surface area contributed by atoms with Crippen LogP contribution in [0.3, 0.4) is 0 Å². The van der Waals surface area contributed by atoms with Gasteiger partial charge < -0.3 is 15.4 Å². The van der Waals surface area contributed by atoms with Crippen molar-refractivity contribution in [2.75, 3.05) is 13.2 Å². The molecule has 1 aliphatic rings. The highest BCUT2D eigenvalue weighted by Gasteiger charge is 2.32. The van der Waals surface area contributed by atoms with Gasteiger partial charge in [0.25, 0.3) is 0 Å². The van der Waals surface area contributed by atoms with E-state index in [-0.39, 0.29) is 31.0 Å². The van der Waals surface area contributed by atoms with Crippen LogP contribution in [0.4, 0.5) is 4.79 Å². The third-order valence-corrected chi connectivity index (χ3v) is 3.62. The van der Waals surface area contributed by atoms with Crippen molar-refractivity contribution < 1.29 is 28.8 Å². The van der Waals surface area contributed by atoms with E-state index in [0.29, 0.717) is 6.42 Å². The summed E-state index contributed by atoms with van der Waals surface area (Å²) in [7, 11) is 0. The fraction of sp³-hybridized carbons (Fsp3) is 0.765. The van der Waals surface area contributed by atoms with Crippen LogP contribution in [0, 0.1) is 11.3 Å². The smallest absolute Gasteiger partial charge is 0.407 e. The van der Waals surface area contributed by atoms with Gasteiger partial charge in [0.05, 0.1) is 19.3 Å². The fourth-order valence-electron chi connectivity index (χ4n) is 2.20. The Kier molecular flexibility index (Phi) is 8.01. The lowest BCUT2D eigenvalue weighted by Gasteiger charge is -2.26. The maximum absolute atomic E-state index is 12.5. The van der Waals surface area contributed by atoms with E-state index in [1.807, 2.05) is 26.3 Å². The van der Waals surface area contributed by atoms with E-state index in [1.165, 1.54) is 0 Å². The molecule has 0 aliphatic carbocycles. The SMILES string of the molecule is CC(C)C(NC(=O)OCC(C)(C)C)C(=O)NC1CCCONC(=O)C1=O. The molecular formula is C17H29N3O6. The number of hydrogen-bond acceptors (Lipinski definition) is 6. The summed E-state index contributed by atoms with van der Waals surface area (Å²) in [5.41, 5.74) is 1.82. The number of ether oxygens (including phenoxy) is 1. The van der Waals surface area contributed by atoms with Gasteiger partial charge in [-0.2, -0.15) is 0 Å². The summed E-state index contributed by atoms with van der Waals surface area (Å²) in [6.07, 6.45) is 0.0608. The summed E-state index contributed by atoms with van der Waals surface area (Å²) in [6, 6.07) is -1.85. The van der Waals surface area contributed by atoms with Crippen molar-refractivity contribution in [3.05, 3.63) is 0 Å². The largest absolute Gasteiger partial charge is 0.449 e. The number of nitrogens with one attached hydrogen (secondary N) is 3. The summed E-state index contributed by atoms with van der Waals surface area (Å²) in [4.78, 5) is 52.9. The normalized spacial score (nSPS) is 19.8. The fourth-order valence-corrected chi connectivity index (χ4v) is 2.20. The first-order valence-corrected chi connectivity index (χ1v) is 8.71. The number of Topliss-reactive ketones (excluding diaryl/α,β-unsaturated/α-hetero) is 1. The van der Waals surface area contributed by atoms with E-state index in [9.17, 15) is 19.2 Å². The van der Waals surface area contributed by atoms with Crippen molar-refractivity contribution >= 4 is 23.7 Å². The molecule has 0 aromatic rings. The maximum atomic E-state index is 12.5. The summed E-state index contributed by atoms with van der Waals surface area (Å²) < 4.78 is 5.12. The average Bonchev–Trinajstić information content (AvgIpc) is 2.53. The molecule has 2 atom stereocenters. The quantitative estimate of drug-likeness (QED) is 0.611. The van der Waals surface area contributed by atoms with Gasteiger partial charge in [0.2, 0.25) is 11.7 Å². The molecule has 1 fully saturated rings. The van der Waals surface area contributed by atoms with Crippen molar-refractivity contribution in [3.8, 4) is 0 Å². The molecule has 3 amide bonds. The van der Waals surface area contributed by atoms with Crippen LogP contribution >= 0.6 is 0 Å². The zero-order chi connectivity index (χ0) is 19.9. The summed E-state index contributed by atoms with van der Waals surface area (Å²) in [5, 5.41) is 5.07. The number of amides is 3. The third kappa shape index (κ3) is 7.38. The number of hydrogen-bond donors (Lipinski definition) is 3. The third-order valence-electron chi connectivity index (χ3n) is 3.62. The molecule has 1 rings (SSSR count). The summed E-state index contributed by atoms with van der Waals surface area (Å²) in [6.45, 7) is 9.72. The molecule has 0 aromatic heterocycles. The topological polar surface area (TPSA) is 123 Å². The van der Waals surface area contributed by atoms with Crippen LogP contribution < -0.4 is 16.1 Å². The molecule has 1 aliphatic heterocycles. The average molecular weight is 371 g/mol. The van der Waals surface area contributed by atoms with Crippen LogP contribution in [-0.4, -0.2) is 49.0 Å². The van der Waals surface area contributed by atoms with Crippen molar-refractivity contribution in [3.63, 3.8) is 0 Å². The van der Waals surface area contributed by atoms with Gasteiger partial charge in [-0.15, -0.1) is 0 Å². The van der Waals surface area contributed by atoms with E-state index in [1.54, 1.807) is 13.8 Å². The minimum absolute atomic E-state index is 0.201. The van der Waals surface area contributed by atoms with Crippen LogP contribution in [0.15, 0.2) is 0 Å². The van der Waals surface area contributed by atoms with Gasteiger partial charge in [-0.25, -0.2) is 10.3 Å². The van der Waals surface area contributed by atoms with E-state index in [0.717, 1.165) is 0 Å². The summed E-state index contributed by atoms with van der Waals surface area (Å²) in [5.74, 6) is -2.47. The monoisotopic (exact) mass is 371 g/mol. The molecule has 2 unspecified atom stereocenters. The Labute approximate surface area is 153 Å². The van der Waals surface area contributed by atoms with Crippen molar-refractivity contribution in [1.82, 2.24) is 16.1 Å². The highest BCUT2D eigenvalue weighted by Crippen LogP contribution is 2.13. The van der Waals surface area contributed by atoms with Gasteiger partial charge >= 0.3 is 12.0 Å². The molecule has 3 N–H and O–H groups in total. The zero-order valence-electron chi connectivity index (χ0n) is 16.0. The van der Waals surface area contributed by atoms with Gasteiger partial charge in [-0.3, -0.25) is 19.2 Å². The lowest BCUT2D eigenvalue weighted by atomic mass is 9.99. The van der Waals surface area contributed by atoms with Crippen molar-refractivity contribution in [2.24, 2.45) is 11.3 Å².